The molecule has 0 unspecified atom stereocenters. The van der Waals surface area contributed by atoms with Gasteiger partial charge in [-0.1, -0.05) is 59.6 Å². The van der Waals surface area contributed by atoms with Crippen molar-refractivity contribution in [2.45, 2.75) is 10.6 Å². The van der Waals surface area contributed by atoms with E-state index in [1.807, 2.05) is 30.3 Å². The molecule has 4 nitrogen and oxygen atoms in total. The van der Waals surface area contributed by atoms with Crippen molar-refractivity contribution in [2.75, 3.05) is 0 Å². The zero-order valence-corrected chi connectivity index (χ0v) is 16.3. The smallest absolute Gasteiger partial charge is 0.335 e. The molecule has 26 heavy (non-hydrogen) atoms. The largest absolute Gasteiger partial charge is 0.478 e. The lowest BCUT2D eigenvalue weighted by molar-refractivity contribution is 0.0696. The molecule has 134 valence electrons. The maximum atomic E-state index is 12.7. The number of thiophene rings is 1. The van der Waals surface area contributed by atoms with E-state index in [9.17, 15) is 18.3 Å². The average molecular weight is 427 g/mol. The fourth-order valence-electron chi connectivity index (χ4n) is 2.55. The molecule has 3 rings (SSSR count). The van der Waals surface area contributed by atoms with Crippen LogP contribution in [0.2, 0.25) is 8.67 Å². The summed E-state index contributed by atoms with van der Waals surface area (Å²) in [4.78, 5) is 11.4. The maximum absolute atomic E-state index is 12.7. The Morgan fingerprint density at radius 2 is 1.69 bits per heavy atom. The first-order valence-corrected chi connectivity index (χ1v) is 10.6. The van der Waals surface area contributed by atoms with Gasteiger partial charge in [0.1, 0.15) is 4.34 Å². The molecule has 1 heterocycles. The molecule has 0 amide bonds. The molecular formula is C18H12Cl2O4S2. The van der Waals surface area contributed by atoms with Crippen LogP contribution in [0.1, 0.15) is 15.9 Å². The lowest BCUT2D eigenvalue weighted by atomic mass is 10.00. The van der Waals surface area contributed by atoms with Crippen molar-refractivity contribution in [3.8, 4) is 11.1 Å². The summed E-state index contributed by atoms with van der Waals surface area (Å²) in [6, 6.07) is 15.2. The molecule has 0 aliphatic rings. The molecule has 0 aliphatic carbocycles. The third-order valence-electron chi connectivity index (χ3n) is 3.75. The Morgan fingerprint density at radius 3 is 2.27 bits per heavy atom. The van der Waals surface area contributed by atoms with Crippen LogP contribution < -0.4 is 0 Å². The van der Waals surface area contributed by atoms with E-state index in [-0.39, 0.29) is 24.7 Å². The first-order valence-electron chi connectivity index (χ1n) is 7.37. The predicted molar refractivity (Wildman–Crippen MR) is 104 cm³/mol. The predicted octanol–water partition coefficient (Wildman–Crippen LogP) is 5.39. The molecule has 0 spiro atoms. The van der Waals surface area contributed by atoms with Crippen LogP contribution in [0.4, 0.5) is 0 Å². The minimum absolute atomic E-state index is 0.0612. The second kappa shape index (κ2) is 7.40. The minimum atomic E-state index is -3.85. The molecule has 0 fully saturated rings. The Kier molecular flexibility index (Phi) is 5.39. The van der Waals surface area contributed by atoms with Crippen LogP contribution in [0, 0.1) is 0 Å². The Balaban J connectivity index is 2.08. The molecule has 0 atom stereocenters. The summed E-state index contributed by atoms with van der Waals surface area (Å²) in [6.07, 6.45) is 0. The Hall–Kier alpha value is -1.86. The second-order valence-electron chi connectivity index (χ2n) is 5.49. The zero-order valence-electron chi connectivity index (χ0n) is 13.1. The van der Waals surface area contributed by atoms with Crippen LogP contribution >= 0.6 is 34.5 Å². The number of hydrogen-bond acceptors (Lipinski definition) is 4. The van der Waals surface area contributed by atoms with Gasteiger partial charge in [0.05, 0.1) is 20.5 Å². The van der Waals surface area contributed by atoms with Gasteiger partial charge in [-0.15, -0.1) is 11.3 Å². The first kappa shape index (κ1) is 18.9. The highest BCUT2D eigenvalue weighted by molar-refractivity contribution is 7.91. The van der Waals surface area contributed by atoms with Crippen molar-refractivity contribution >= 4 is 50.3 Å². The molecule has 0 aliphatic heterocycles. The van der Waals surface area contributed by atoms with Crippen molar-refractivity contribution in [3.63, 3.8) is 0 Å². The van der Waals surface area contributed by atoms with Gasteiger partial charge in [0.15, 0.2) is 9.84 Å². The first-order chi connectivity index (χ1) is 12.3. The summed E-state index contributed by atoms with van der Waals surface area (Å²) in [5.41, 5.74) is 1.72. The third-order valence-corrected chi connectivity index (χ3v) is 7.16. The Labute approximate surface area is 164 Å². The topological polar surface area (TPSA) is 71.4 Å². The molecule has 0 saturated heterocycles. The quantitative estimate of drug-likeness (QED) is 0.592. The number of aromatic carboxylic acids is 1. The van der Waals surface area contributed by atoms with Gasteiger partial charge < -0.3 is 5.11 Å². The fraction of sp³-hybridized carbons (Fsp3) is 0.0556. The van der Waals surface area contributed by atoms with E-state index in [1.54, 1.807) is 12.1 Å². The van der Waals surface area contributed by atoms with Gasteiger partial charge in [-0.3, -0.25) is 0 Å². The summed E-state index contributed by atoms with van der Waals surface area (Å²) in [7, 11) is -3.85. The highest BCUT2D eigenvalue weighted by atomic mass is 35.5. The van der Waals surface area contributed by atoms with Gasteiger partial charge in [-0.2, -0.15) is 0 Å². The summed E-state index contributed by atoms with van der Waals surface area (Å²) in [5.74, 6) is -1.67. The zero-order chi connectivity index (χ0) is 18.9. The summed E-state index contributed by atoms with van der Waals surface area (Å²) < 4.78 is 25.8. The maximum Gasteiger partial charge on any atom is 0.335 e. The highest BCUT2D eigenvalue weighted by Gasteiger charge is 2.24. The Bertz CT molecular complexity index is 1070. The van der Waals surface area contributed by atoms with Crippen LogP contribution in [0.5, 0.6) is 0 Å². The number of carboxylic acid groups (broad SMARTS) is 1. The average Bonchev–Trinajstić information content (AvgIpc) is 2.94. The Morgan fingerprint density at radius 1 is 1.00 bits per heavy atom. The van der Waals surface area contributed by atoms with E-state index in [4.69, 9.17) is 23.2 Å². The summed E-state index contributed by atoms with van der Waals surface area (Å²) in [5, 5.41) is 9.41. The van der Waals surface area contributed by atoms with Crippen LogP contribution in [0.15, 0.2) is 59.5 Å². The fourth-order valence-corrected chi connectivity index (χ4v) is 6.17. The SMILES string of the molecule is O=C(O)c1ccc(-c2ccccc2)cc1CS(=O)(=O)c1cc(Cl)sc1Cl. The number of hydrogen-bond donors (Lipinski definition) is 1. The normalized spacial score (nSPS) is 11.5. The monoisotopic (exact) mass is 426 g/mol. The molecule has 0 radical (unpaired) electrons. The van der Waals surface area contributed by atoms with E-state index < -0.39 is 21.6 Å². The second-order valence-corrected chi connectivity index (χ2v) is 9.73. The third kappa shape index (κ3) is 3.94. The van der Waals surface area contributed by atoms with Crippen LogP contribution in [-0.2, 0) is 15.6 Å². The molecule has 1 aromatic heterocycles. The summed E-state index contributed by atoms with van der Waals surface area (Å²) in [6.45, 7) is 0. The van der Waals surface area contributed by atoms with Gasteiger partial charge in [0.25, 0.3) is 0 Å². The number of rotatable bonds is 5. The van der Waals surface area contributed by atoms with Crippen LogP contribution in [-0.4, -0.2) is 19.5 Å². The minimum Gasteiger partial charge on any atom is -0.478 e. The number of carbonyl (C=O) groups is 1. The molecule has 0 bridgehead atoms. The van der Waals surface area contributed by atoms with Crippen molar-refractivity contribution in [3.05, 3.63) is 74.4 Å². The van der Waals surface area contributed by atoms with Gasteiger partial charge in [0, 0.05) is 0 Å². The van der Waals surface area contributed by atoms with Gasteiger partial charge in [-0.25, -0.2) is 13.2 Å². The van der Waals surface area contributed by atoms with Gasteiger partial charge in [-0.05, 0) is 34.9 Å². The van der Waals surface area contributed by atoms with E-state index in [2.05, 4.69) is 0 Å². The van der Waals surface area contributed by atoms with Crippen molar-refractivity contribution in [1.29, 1.82) is 0 Å². The molecule has 8 heteroatoms. The van der Waals surface area contributed by atoms with E-state index in [0.29, 0.717) is 0 Å². The van der Waals surface area contributed by atoms with Crippen molar-refractivity contribution in [2.24, 2.45) is 0 Å². The molecule has 2 aromatic carbocycles. The molecular weight excluding hydrogens is 415 g/mol. The number of sulfone groups is 1. The van der Waals surface area contributed by atoms with Crippen molar-refractivity contribution in [1.82, 2.24) is 0 Å². The van der Waals surface area contributed by atoms with Gasteiger partial charge >= 0.3 is 5.97 Å². The number of halogens is 2. The number of benzene rings is 2. The van der Waals surface area contributed by atoms with E-state index in [0.717, 1.165) is 22.5 Å². The molecule has 0 saturated carbocycles. The van der Waals surface area contributed by atoms with E-state index >= 15 is 0 Å². The highest BCUT2D eigenvalue weighted by Crippen LogP contribution is 2.36. The molecule has 3 aromatic rings. The lowest BCUT2D eigenvalue weighted by Crippen LogP contribution is -2.10. The van der Waals surface area contributed by atoms with Crippen molar-refractivity contribution < 1.29 is 18.3 Å². The van der Waals surface area contributed by atoms with E-state index in [1.165, 1.54) is 12.1 Å². The number of carboxylic acids is 1. The lowest BCUT2D eigenvalue weighted by Gasteiger charge is -2.10. The van der Waals surface area contributed by atoms with Crippen LogP contribution in [0.25, 0.3) is 11.1 Å². The van der Waals surface area contributed by atoms with Crippen LogP contribution in [0.3, 0.4) is 0 Å². The molecule has 1 N–H and O–H groups in total. The summed E-state index contributed by atoms with van der Waals surface area (Å²) >= 11 is 12.8. The van der Waals surface area contributed by atoms with Gasteiger partial charge in [0.2, 0.25) is 0 Å². The standard InChI is InChI=1S/C18H12Cl2O4S2/c19-16-9-15(17(20)25-16)26(23,24)10-13-8-12(6-7-14(13)18(21)22)11-4-2-1-3-5-11/h1-9H,10H2,(H,21,22).